The van der Waals surface area contributed by atoms with Gasteiger partial charge in [-0.2, -0.15) is 0 Å². The van der Waals surface area contributed by atoms with E-state index in [2.05, 4.69) is 22.6 Å². The first-order chi connectivity index (χ1) is 16.8. The molecule has 180 valence electrons. The van der Waals surface area contributed by atoms with Crippen molar-refractivity contribution in [3.63, 3.8) is 0 Å². The fraction of sp³-hybridized carbons (Fsp3) is 0.185. The molecular weight excluding hydrogens is 613 g/mol. The first kappa shape index (κ1) is 26.0. The molecule has 1 heterocycles. The summed E-state index contributed by atoms with van der Waals surface area (Å²) in [5.74, 6) is 1.22. The summed E-state index contributed by atoms with van der Waals surface area (Å²) in [6, 6.07) is 19.5. The lowest BCUT2D eigenvalue weighted by Crippen LogP contribution is -2.27. The van der Waals surface area contributed by atoms with Gasteiger partial charge >= 0.3 is 0 Å². The number of benzene rings is 3. The molecule has 35 heavy (non-hydrogen) atoms. The lowest BCUT2D eigenvalue weighted by atomic mass is 10.1. The molecule has 1 amide bonds. The van der Waals surface area contributed by atoms with Crippen molar-refractivity contribution < 1.29 is 14.3 Å². The van der Waals surface area contributed by atoms with Crippen LogP contribution in [0.1, 0.15) is 29.2 Å². The molecular formula is C27H23ClINO3S2. The highest BCUT2D eigenvalue weighted by Crippen LogP contribution is 2.38. The second kappa shape index (κ2) is 11.8. The van der Waals surface area contributed by atoms with E-state index >= 15 is 0 Å². The minimum Gasteiger partial charge on any atom is -0.490 e. The summed E-state index contributed by atoms with van der Waals surface area (Å²) >= 11 is 15.0. The molecule has 4 rings (SSSR count). The van der Waals surface area contributed by atoms with Gasteiger partial charge in [0.2, 0.25) is 0 Å². The molecule has 0 N–H and O–H groups in total. The summed E-state index contributed by atoms with van der Waals surface area (Å²) in [5.41, 5.74) is 4.09. The second-order valence-corrected chi connectivity index (χ2v) is 11.2. The minimum atomic E-state index is -0.0865. The Morgan fingerprint density at radius 2 is 1.74 bits per heavy atom. The van der Waals surface area contributed by atoms with Crippen molar-refractivity contribution in [2.75, 3.05) is 6.61 Å². The van der Waals surface area contributed by atoms with Gasteiger partial charge in [-0.25, -0.2) is 0 Å². The number of thioether (sulfide) groups is 1. The van der Waals surface area contributed by atoms with E-state index in [1.54, 1.807) is 4.90 Å². The van der Waals surface area contributed by atoms with E-state index in [0.717, 1.165) is 20.3 Å². The fourth-order valence-corrected chi connectivity index (χ4v) is 5.64. The van der Waals surface area contributed by atoms with Crippen LogP contribution in [-0.4, -0.2) is 21.7 Å². The van der Waals surface area contributed by atoms with Crippen LogP contribution in [0.15, 0.2) is 65.6 Å². The number of hydrogen-bond acceptors (Lipinski definition) is 5. The average Bonchev–Trinajstić information content (AvgIpc) is 3.08. The number of amides is 1. The zero-order valence-corrected chi connectivity index (χ0v) is 23.8. The molecule has 0 radical (unpaired) electrons. The Balaban J connectivity index is 1.54. The van der Waals surface area contributed by atoms with Crippen molar-refractivity contribution >= 4 is 74.5 Å². The van der Waals surface area contributed by atoms with Gasteiger partial charge in [0.1, 0.15) is 10.9 Å². The monoisotopic (exact) mass is 635 g/mol. The van der Waals surface area contributed by atoms with E-state index in [1.165, 1.54) is 17.3 Å². The Hall–Kier alpha value is -2.07. The van der Waals surface area contributed by atoms with Gasteiger partial charge in [-0.05, 0) is 83.5 Å². The van der Waals surface area contributed by atoms with Gasteiger partial charge in [0.15, 0.2) is 11.5 Å². The highest BCUT2D eigenvalue weighted by atomic mass is 127. The number of carbonyl (C=O) groups excluding carboxylic acids is 1. The number of carbonyl (C=O) groups is 1. The molecule has 0 atom stereocenters. The van der Waals surface area contributed by atoms with Crippen LogP contribution >= 0.6 is 58.2 Å². The number of thiocarbonyl (C=S) groups is 1. The van der Waals surface area contributed by atoms with Gasteiger partial charge in [0.05, 0.1) is 21.6 Å². The van der Waals surface area contributed by atoms with Gasteiger partial charge in [-0.3, -0.25) is 9.69 Å². The Bertz CT molecular complexity index is 1280. The van der Waals surface area contributed by atoms with Crippen LogP contribution in [0.3, 0.4) is 0 Å². The van der Waals surface area contributed by atoms with Crippen molar-refractivity contribution in [1.82, 2.24) is 4.90 Å². The van der Waals surface area contributed by atoms with Crippen LogP contribution in [0.2, 0.25) is 5.02 Å². The zero-order valence-electron chi connectivity index (χ0n) is 19.2. The van der Waals surface area contributed by atoms with Gasteiger partial charge in [-0.1, -0.05) is 77.5 Å². The number of rotatable bonds is 8. The Kier molecular flexibility index (Phi) is 8.75. The van der Waals surface area contributed by atoms with Crippen molar-refractivity contribution in [2.24, 2.45) is 0 Å². The lowest BCUT2D eigenvalue weighted by Gasteiger charge is -2.15. The minimum absolute atomic E-state index is 0.0865. The zero-order chi connectivity index (χ0) is 24.9. The predicted octanol–water partition coefficient (Wildman–Crippen LogP) is 7.63. The first-order valence-corrected chi connectivity index (χ1v) is 13.7. The van der Waals surface area contributed by atoms with E-state index in [1.807, 2.05) is 80.6 Å². The standard InChI is InChI=1S/C27H23ClINO3S2/c1-3-32-23-13-20(12-22(29)25(23)33-16-19-8-10-21(28)11-9-19)14-24-26(31)30(27(34)35-24)15-18-6-4-17(2)5-7-18/h4-14H,3,15-16H2,1-2H3/b24-14-. The molecule has 0 aromatic heterocycles. The number of halogens is 2. The summed E-state index contributed by atoms with van der Waals surface area (Å²) < 4.78 is 13.4. The SMILES string of the molecule is CCOc1cc(/C=C2\SC(=S)N(Cc3ccc(C)cc3)C2=O)cc(I)c1OCc1ccc(Cl)cc1. The van der Waals surface area contributed by atoms with Crippen molar-refractivity contribution in [3.05, 3.63) is 96.4 Å². The summed E-state index contributed by atoms with van der Waals surface area (Å²) in [6.45, 7) is 5.32. The van der Waals surface area contributed by atoms with E-state index in [4.69, 9.17) is 33.3 Å². The first-order valence-electron chi connectivity index (χ1n) is 11.0. The third-order valence-electron chi connectivity index (χ3n) is 5.26. The molecule has 8 heteroatoms. The number of aryl methyl sites for hydroxylation is 1. The maximum absolute atomic E-state index is 13.1. The van der Waals surface area contributed by atoms with Crippen LogP contribution < -0.4 is 9.47 Å². The van der Waals surface area contributed by atoms with E-state index < -0.39 is 0 Å². The molecule has 1 saturated heterocycles. The maximum Gasteiger partial charge on any atom is 0.266 e. The van der Waals surface area contributed by atoms with Crippen LogP contribution in [0.5, 0.6) is 11.5 Å². The van der Waals surface area contributed by atoms with Crippen LogP contribution in [0.4, 0.5) is 0 Å². The number of ether oxygens (including phenoxy) is 2. The highest BCUT2D eigenvalue weighted by molar-refractivity contribution is 14.1. The van der Waals surface area contributed by atoms with E-state index in [9.17, 15) is 4.79 Å². The van der Waals surface area contributed by atoms with E-state index in [0.29, 0.717) is 45.5 Å². The highest BCUT2D eigenvalue weighted by Gasteiger charge is 2.32. The quantitative estimate of drug-likeness (QED) is 0.145. The second-order valence-electron chi connectivity index (χ2n) is 7.93. The predicted molar refractivity (Wildman–Crippen MR) is 156 cm³/mol. The summed E-state index contributed by atoms with van der Waals surface area (Å²) in [4.78, 5) is 15.4. The normalized spacial score (nSPS) is 14.6. The van der Waals surface area contributed by atoms with Gasteiger partial charge in [0.25, 0.3) is 5.91 Å². The van der Waals surface area contributed by atoms with Crippen molar-refractivity contribution in [3.8, 4) is 11.5 Å². The van der Waals surface area contributed by atoms with Crippen LogP contribution in [0.25, 0.3) is 6.08 Å². The average molecular weight is 636 g/mol. The number of hydrogen-bond donors (Lipinski definition) is 0. The maximum atomic E-state index is 13.1. The molecule has 0 unspecified atom stereocenters. The molecule has 0 saturated carbocycles. The third kappa shape index (κ3) is 6.58. The summed E-state index contributed by atoms with van der Waals surface area (Å²) in [7, 11) is 0. The van der Waals surface area contributed by atoms with Crippen LogP contribution in [-0.2, 0) is 17.9 Å². The van der Waals surface area contributed by atoms with Gasteiger partial charge < -0.3 is 9.47 Å². The molecule has 1 aliphatic rings. The Morgan fingerprint density at radius 3 is 2.43 bits per heavy atom. The largest absolute Gasteiger partial charge is 0.490 e. The molecule has 3 aromatic rings. The Labute approximate surface area is 233 Å². The van der Waals surface area contributed by atoms with Gasteiger partial charge in [0, 0.05) is 5.02 Å². The molecule has 4 nitrogen and oxygen atoms in total. The van der Waals surface area contributed by atoms with Crippen LogP contribution in [0, 0.1) is 10.5 Å². The Morgan fingerprint density at radius 1 is 1.06 bits per heavy atom. The molecule has 0 bridgehead atoms. The molecule has 0 aliphatic carbocycles. The molecule has 1 aliphatic heterocycles. The summed E-state index contributed by atoms with van der Waals surface area (Å²) in [5, 5.41) is 0.687. The van der Waals surface area contributed by atoms with Gasteiger partial charge in [-0.15, -0.1) is 0 Å². The number of nitrogens with zero attached hydrogens (tertiary/aromatic N) is 1. The topological polar surface area (TPSA) is 38.8 Å². The third-order valence-corrected chi connectivity index (χ3v) is 7.69. The molecule has 0 spiro atoms. The molecule has 1 fully saturated rings. The summed E-state index contributed by atoms with van der Waals surface area (Å²) in [6.07, 6.45) is 1.86. The van der Waals surface area contributed by atoms with Crippen molar-refractivity contribution in [2.45, 2.75) is 27.0 Å². The lowest BCUT2D eigenvalue weighted by molar-refractivity contribution is -0.122. The van der Waals surface area contributed by atoms with E-state index in [-0.39, 0.29) is 5.91 Å². The smallest absolute Gasteiger partial charge is 0.266 e. The fourth-order valence-electron chi connectivity index (χ4n) is 3.47. The molecule has 3 aromatic carbocycles. The van der Waals surface area contributed by atoms with Crippen molar-refractivity contribution in [1.29, 1.82) is 0 Å².